The van der Waals surface area contributed by atoms with Gasteiger partial charge in [-0.15, -0.1) is 12.3 Å². The number of para-hydroxylation sites is 1. The molecule has 2 N–H and O–H groups in total. The molecular weight excluding hydrogens is 186 g/mol. The van der Waals surface area contributed by atoms with Gasteiger partial charge in [0.1, 0.15) is 5.75 Å². The van der Waals surface area contributed by atoms with Crippen molar-refractivity contribution in [2.75, 3.05) is 7.11 Å². The van der Waals surface area contributed by atoms with Crippen molar-refractivity contribution in [3.05, 3.63) is 29.8 Å². The van der Waals surface area contributed by atoms with Gasteiger partial charge < -0.3 is 10.5 Å². The Morgan fingerprint density at radius 1 is 1.47 bits per heavy atom. The molecule has 80 valence electrons. The lowest BCUT2D eigenvalue weighted by molar-refractivity contribution is 0.407. The molecule has 15 heavy (non-hydrogen) atoms. The van der Waals surface area contributed by atoms with Crippen molar-refractivity contribution in [1.82, 2.24) is 0 Å². The third-order valence-electron chi connectivity index (χ3n) is 2.33. The molecule has 0 fully saturated rings. The Labute approximate surface area is 91.4 Å². The van der Waals surface area contributed by atoms with Gasteiger partial charge in [0, 0.05) is 12.5 Å². The first-order chi connectivity index (χ1) is 7.27. The van der Waals surface area contributed by atoms with Crippen LogP contribution in [0.4, 0.5) is 0 Å². The van der Waals surface area contributed by atoms with Crippen LogP contribution in [0.2, 0.25) is 0 Å². The fourth-order valence-corrected chi connectivity index (χ4v) is 1.52. The van der Waals surface area contributed by atoms with Crippen molar-refractivity contribution in [3.8, 4) is 18.1 Å². The molecule has 2 heteroatoms. The van der Waals surface area contributed by atoms with Gasteiger partial charge in [0.05, 0.1) is 7.11 Å². The van der Waals surface area contributed by atoms with Gasteiger partial charge in [0.15, 0.2) is 0 Å². The maximum absolute atomic E-state index is 5.96. The van der Waals surface area contributed by atoms with Crippen LogP contribution in [-0.4, -0.2) is 13.2 Å². The van der Waals surface area contributed by atoms with E-state index in [1.54, 1.807) is 7.11 Å². The number of hydrogen-bond donors (Lipinski definition) is 1. The number of benzene rings is 1. The minimum Gasteiger partial charge on any atom is -0.496 e. The molecule has 0 aliphatic carbocycles. The van der Waals surface area contributed by atoms with Gasteiger partial charge in [-0.05, 0) is 24.5 Å². The van der Waals surface area contributed by atoms with Gasteiger partial charge in [-0.3, -0.25) is 0 Å². The van der Waals surface area contributed by atoms with Gasteiger partial charge in [0.2, 0.25) is 0 Å². The molecule has 0 aliphatic rings. The predicted molar refractivity (Wildman–Crippen MR) is 62.7 cm³/mol. The van der Waals surface area contributed by atoms with E-state index in [2.05, 4.69) is 5.92 Å². The molecular formula is C13H17NO. The molecule has 0 heterocycles. The van der Waals surface area contributed by atoms with Gasteiger partial charge in [-0.25, -0.2) is 0 Å². The van der Waals surface area contributed by atoms with Crippen LogP contribution in [-0.2, 0) is 6.42 Å². The molecule has 0 saturated heterocycles. The molecule has 1 unspecified atom stereocenters. The van der Waals surface area contributed by atoms with Gasteiger partial charge in [0.25, 0.3) is 0 Å². The van der Waals surface area contributed by atoms with E-state index < -0.39 is 0 Å². The fourth-order valence-electron chi connectivity index (χ4n) is 1.52. The second-order valence-corrected chi connectivity index (χ2v) is 3.52. The summed E-state index contributed by atoms with van der Waals surface area (Å²) >= 11 is 0. The van der Waals surface area contributed by atoms with Crippen LogP contribution in [0, 0.1) is 12.3 Å². The van der Waals surface area contributed by atoms with Crippen LogP contribution >= 0.6 is 0 Å². The van der Waals surface area contributed by atoms with Crippen LogP contribution in [0.15, 0.2) is 24.3 Å². The standard InChI is InChI=1S/C13H17NO/c1-3-4-8-12(14)10-11-7-5-6-9-13(11)15-2/h1,5-7,9,12H,4,8,10,14H2,2H3. The lowest BCUT2D eigenvalue weighted by Gasteiger charge is -2.12. The first-order valence-corrected chi connectivity index (χ1v) is 5.09. The summed E-state index contributed by atoms with van der Waals surface area (Å²) in [4.78, 5) is 0. The van der Waals surface area contributed by atoms with Crippen molar-refractivity contribution < 1.29 is 4.74 Å². The van der Waals surface area contributed by atoms with Crippen LogP contribution in [0.3, 0.4) is 0 Å². The highest BCUT2D eigenvalue weighted by Gasteiger charge is 2.07. The number of methoxy groups -OCH3 is 1. The quantitative estimate of drug-likeness (QED) is 0.743. The minimum atomic E-state index is 0.109. The maximum atomic E-state index is 5.96. The summed E-state index contributed by atoms with van der Waals surface area (Å²) in [7, 11) is 1.67. The van der Waals surface area contributed by atoms with E-state index in [0.29, 0.717) is 0 Å². The van der Waals surface area contributed by atoms with Crippen molar-refractivity contribution in [1.29, 1.82) is 0 Å². The molecule has 0 bridgehead atoms. The molecule has 1 rings (SSSR count). The zero-order chi connectivity index (χ0) is 11.1. The smallest absolute Gasteiger partial charge is 0.122 e. The highest BCUT2D eigenvalue weighted by Crippen LogP contribution is 2.19. The monoisotopic (exact) mass is 203 g/mol. The molecule has 0 spiro atoms. The summed E-state index contributed by atoms with van der Waals surface area (Å²) in [6.45, 7) is 0. The minimum absolute atomic E-state index is 0.109. The van der Waals surface area contributed by atoms with Crippen molar-refractivity contribution >= 4 is 0 Å². The van der Waals surface area contributed by atoms with E-state index in [-0.39, 0.29) is 6.04 Å². The van der Waals surface area contributed by atoms with Crippen LogP contribution in [0.1, 0.15) is 18.4 Å². The molecule has 0 aliphatic heterocycles. The second kappa shape index (κ2) is 6.10. The Kier molecular flexibility index (Phi) is 4.73. The third-order valence-corrected chi connectivity index (χ3v) is 2.33. The summed E-state index contributed by atoms with van der Waals surface area (Å²) in [5, 5.41) is 0. The average Bonchev–Trinajstić information content (AvgIpc) is 2.27. The fraction of sp³-hybridized carbons (Fsp3) is 0.385. The highest BCUT2D eigenvalue weighted by atomic mass is 16.5. The largest absolute Gasteiger partial charge is 0.496 e. The summed E-state index contributed by atoms with van der Waals surface area (Å²) in [6.07, 6.45) is 7.60. The van der Waals surface area contributed by atoms with Gasteiger partial charge >= 0.3 is 0 Å². The van der Waals surface area contributed by atoms with Gasteiger partial charge in [-0.2, -0.15) is 0 Å². The Morgan fingerprint density at radius 2 is 2.20 bits per heavy atom. The van der Waals surface area contributed by atoms with E-state index in [4.69, 9.17) is 16.9 Å². The van der Waals surface area contributed by atoms with E-state index >= 15 is 0 Å². The highest BCUT2D eigenvalue weighted by molar-refractivity contribution is 5.33. The zero-order valence-electron chi connectivity index (χ0n) is 9.07. The van der Waals surface area contributed by atoms with E-state index in [1.807, 2.05) is 24.3 Å². The molecule has 1 atom stereocenters. The summed E-state index contributed by atoms with van der Waals surface area (Å²) in [6, 6.07) is 8.04. The lowest BCUT2D eigenvalue weighted by Crippen LogP contribution is -2.22. The Balaban J connectivity index is 2.59. The molecule has 1 aromatic rings. The molecule has 0 radical (unpaired) electrons. The molecule has 0 amide bonds. The molecule has 2 nitrogen and oxygen atoms in total. The second-order valence-electron chi connectivity index (χ2n) is 3.52. The molecule has 1 aromatic carbocycles. The number of nitrogens with two attached hydrogens (primary N) is 1. The number of ether oxygens (including phenoxy) is 1. The number of hydrogen-bond acceptors (Lipinski definition) is 2. The Hall–Kier alpha value is -1.46. The summed E-state index contributed by atoms with van der Waals surface area (Å²) < 4.78 is 5.25. The maximum Gasteiger partial charge on any atom is 0.122 e. The zero-order valence-corrected chi connectivity index (χ0v) is 9.07. The Morgan fingerprint density at radius 3 is 2.87 bits per heavy atom. The molecule has 0 saturated carbocycles. The van der Waals surface area contributed by atoms with E-state index in [1.165, 1.54) is 0 Å². The van der Waals surface area contributed by atoms with Crippen molar-refractivity contribution in [3.63, 3.8) is 0 Å². The topological polar surface area (TPSA) is 35.2 Å². The third kappa shape index (κ3) is 3.65. The average molecular weight is 203 g/mol. The van der Waals surface area contributed by atoms with E-state index in [0.717, 1.165) is 30.6 Å². The summed E-state index contributed by atoms with van der Waals surface area (Å²) in [5.41, 5.74) is 7.11. The first kappa shape index (κ1) is 11.6. The number of terminal acetylenes is 1. The van der Waals surface area contributed by atoms with E-state index in [9.17, 15) is 0 Å². The van der Waals surface area contributed by atoms with Crippen LogP contribution in [0.25, 0.3) is 0 Å². The van der Waals surface area contributed by atoms with Crippen molar-refractivity contribution in [2.45, 2.75) is 25.3 Å². The van der Waals surface area contributed by atoms with Crippen LogP contribution < -0.4 is 10.5 Å². The first-order valence-electron chi connectivity index (χ1n) is 5.09. The van der Waals surface area contributed by atoms with Crippen molar-refractivity contribution in [2.24, 2.45) is 5.73 Å². The normalized spacial score (nSPS) is 11.8. The summed E-state index contributed by atoms with van der Waals surface area (Å²) in [5.74, 6) is 3.50. The lowest BCUT2D eigenvalue weighted by atomic mass is 10.0. The SMILES string of the molecule is C#CCCC(N)Cc1ccccc1OC. The Bertz CT molecular complexity index is 341. The predicted octanol–water partition coefficient (Wildman–Crippen LogP) is 1.98. The van der Waals surface area contributed by atoms with Gasteiger partial charge in [-0.1, -0.05) is 18.2 Å². The molecule has 0 aromatic heterocycles. The number of rotatable bonds is 5. The van der Waals surface area contributed by atoms with Crippen LogP contribution in [0.5, 0.6) is 5.75 Å².